The third kappa shape index (κ3) is 2.77. The van der Waals surface area contributed by atoms with Gasteiger partial charge in [-0.15, -0.1) is 11.3 Å². The highest BCUT2D eigenvalue weighted by atomic mass is 32.1. The second-order valence-corrected chi connectivity index (χ2v) is 3.36. The van der Waals surface area contributed by atoms with Crippen LogP contribution in [0.3, 0.4) is 0 Å². The largest absolute Gasteiger partial charge is 0.392 e. The fourth-order valence-corrected chi connectivity index (χ4v) is 1.72. The lowest BCUT2D eigenvalue weighted by Gasteiger charge is -1.90. The van der Waals surface area contributed by atoms with Crippen LogP contribution in [0, 0.1) is 0 Å². The average Bonchev–Trinajstić information content (AvgIpc) is 2.50. The number of aliphatic hydroxyl groups excluding tert-OH is 1. The summed E-state index contributed by atoms with van der Waals surface area (Å²) in [4.78, 5) is 1.20. The van der Waals surface area contributed by atoms with Crippen molar-refractivity contribution < 1.29 is 9.84 Å². The Labute approximate surface area is 76.1 Å². The Balaban J connectivity index is 2.57. The maximum atomic E-state index is 8.53. The van der Waals surface area contributed by atoms with Gasteiger partial charge in [0.2, 0.25) is 0 Å². The molecule has 0 aliphatic carbocycles. The number of hydrogen-bond donors (Lipinski definition) is 1. The highest BCUT2D eigenvalue weighted by molar-refractivity contribution is 7.10. The van der Waals surface area contributed by atoms with Gasteiger partial charge < -0.3 is 9.84 Å². The number of thiophene rings is 1. The van der Waals surface area contributed by atoms with Gasteiger partial charge in [-0.05, 0) is 17.0 Å². The fourth-order valence-electron chi connectivity index (χ4n) is 0.892. The molecule has 12 heavy (non-hydrogen) atoms. The second kappa shape index (κ2) is 5.09. The van der Waals surface area contributed by atoms with Gasteiger partial charge in [0.1, 0.15) is 0 Å². The van der Waals surface area contributed by atoms with Crippen molar-refractivity contribution in [1.82, 2.24) is 0 Å². The van der Waals surface area contributed by atoms with Crippen LogP contribution < -0.4 is 0 Å². The summed E-state index contributed by atoms with van der Waals surface area (Å²) in [5.41, 5.74) is 1.13. The topological polar surface area (TPSA) is 29.5 Å². The van der Waals surface area contributed by atoms with Crippen molar-refractivity contribution in [2.75, 3.05) is 13.7 Å². The summed E-state index contributed by atoms with van der Waals surface area (Å²) in [5, 5.41) is 10.6. The van der Waals surface area contributed by atoms with Crippen molar-refractivity contribution in [2.24, 2.45) is 0 Å². The number of ether oxygens (including phenoxy) is 1. The maximum absolute atomic E-state index is 8.53. The number of rotatable bonds is 4. The van der Waals surface area contributed by atoms with E-state index in [9.17, 15) is 0 Å². The zero-order chi connectivity index (χ0) is 8.81. The minimum Gasteiger partial charge on any atom is -0.392 e. The van der Waals surface area contributed by atoms with Crippen LogP contribution in [0.15, 0.2) is 17.5 Å². The zero-order valence-electron chi connectivity index (χ0n) is 6.99. The summed E-state index contributed by atoms with van der Waals surface area (Å²) >= 11 is 1.67. The van der Waals surface area contributed by atoms with Crippen molar-refractivity contribution in [3.05, 3.63) is 28.0 Å². The summed E-state index contributed by atoms with van der Waals surface area (Å²) in [5.74, 6) is 0. The van der Waals surface area contributed by atoms with Gasteiger partial charge in [-0.3, -0.25) is 0 Å². The normalized spacial score (nSPS) is 11.2. The van der Waals surface area contributed by atoms with E-state index in [4.69, 9.17) is 9.84 Å². The first-order valence-electron chi connectivity index (χ1n) is 3.70. The first-order chi connectivity index (χ1) is 5.86. The Kier molecular flexibility index (Phi) is 4.00. The van der Waals surface area contributed by atoms with E-state index in [2.05, 4.69) is 6.07 Å². The van der Waals surface area contributed by atoms with Crippen LogP contribution in [-0.4, -0.2) is 18.8 Å². The van der Waals surface area contributed by atoms with Crippen LogP contribution in [0.5, 0.6) is 0 Å². The van der Waals surface area contributed by atoms with E-state index in [0.29, 0.717) is 6.61 Å². The molecule has 1 heterocycles. The molecule has 3 heteroatoms. The molecule has 1 N–H and O–H groups in total. The Bertz CT molecular complexity index is 253. The number of methoxy groups -OCH3 is 1. The Morgan fingerprint density at radius 2 is 2.50 bits per heavy atom. The maximum Gasteiger partial charge on any atom is 0.0805 e. The van der Waals surface area contributed by atoms with Gasteiger partial charge in [0.15, 0.2) is 0 Å². The van der Waals surface area contributed by atoms with Crippen molar-refractivity contribution in [3.63, 3.8) is 0 Å². The Morgan fingerprint density at radius 3 is 3.17 bits per heavy atom. The minimum atomic E-state index is 0.0927. The van der Waals surface area contributed by atoms with E-state index in [1.165, 1.54) is 4.88 Å². The summed E-state index contributed by atoms with van der Waals surface area (Å²) in [6, 6.07) is 2.06. The SMILES string of the molecule is COCc1cc(C=CCO)cs1. The predicted molar refractivity (Wildman–Crippen MR) is 51.2 cm³/mol. The number of aliphatic hydroxyl groups is 1. The molecule has 0 atom stereocenters. The van der Waals surface area contributed by atoms with Crippen LogP contribution in [0.25, 0.3) is 6.08 Å². The van der Waals surface area contributed by atoms with Crippen LogP contribution >= 0.6 is 11.3 Å². The van der Waals surface area contributed by atoms with Crippen LogP contribution in [0.2, 0.25) is 0 Å². The van der Waals surface area contributed by atoms with Crippen LogP contribution in [0.1, 0.15) is 10.4 Å². The molecule has 1 rings (SSSR count). The molecule has 0 fully saturated rings. The predicted octanol–water partition coefficient (Wildman–Crippen LogP) is 1.90. The van der Waals surface area contributed by atoms with Gasteiger partial charge in [0.25, 0.3) is 0 Å². The summed E-state index contributed by atoms with van der Waals surface area (Å²) in [7, 11) is 1.68. The highest BCUT2D eigenvalue weighted by Gasteiger charge is 1.95. The molecule has 1 aromatic heterocycles. The molecular formula is C9H12O2S. The lowest BCUT2D eigenvalue weighted by Crippen LogP contribution is -1.80. The highest BCUT2D eigenvalue weighted by Crippen LogP contribution is 2.16. The molecule has 0 spiro atoms. The van der Waals surface area contributed by atoms with Crippen molar-refractivity contribution >= 4 is 17.4 Å². The second-order valence-electron chi connectivity index (χ2n) is 2.36. The first-order valence-corrected chi connectivity index (χ1v) is 4.58. The smallest absolute Gasteiger partial charge is 0.0805 e. The zero-order valence-corrected chi connectivity index (χ0v) is 7.80. The quantitative estimate of drug-likeness (QED) is 0.774. The van der Waals surface area contributed by atoms with E-state index in [1.807, 2.05) is 11.5 Å². The van der Waals surface area contributed by atoms with E-state index < -0.39 is 0 Å². The molecule has 0 saturated carbocycles. The van der Waals surface area contributed by atoms with Gasteiger partial charge in [0.05, 0.1) is 13.2 Å². The lowest BCUT2D eigenvalue weighted by atomic mass is 10.3. The third-order valence-electron chi connectivity index (χ3n) is 1.38. The van der Waals surface area contributed by atoms with Gasteiger partial charge in [-0.25, -0.2) is 0 Å². The monoisotopic (exact) mass is 184 g/mol. The molecule has 0 aliphatic heterocycles. The molecule has 0 aliphatic rings. The van der Waals surface area contributed by atoms with Gasteiger partial charge in [0, 0.05) is 12.0 Å². The van der Waals surface area contributed by atoms with E-state index in [1.54, 1.807) is 24.5 Å². The van der Waals surface area contributed by atoms with E-state index in [-0.39, 0.29) is 6.61 Å². The lowest BCUT2D eigenvalue weighted by molar-refractivity contribution is 0.187. The van der Waals surface area contributed by atoms with E-state index in [0.717, 1.165) is 5.56 Å². The van der Waals surface area contributed by atoms with Crippen LogP contribution in [0.4, 0.5) is 0 Å². The molecule has 0 aromatic carbocycles. The first kappa shape index (κ1) is 9.45. The molecule has 0 radical (unpaired) electrons. The van der Waals surface area contributed by atoms with E-state index >= 15 is 0 Å². The van der Waals surface area contributed by atoms with Crippen molar-refractivity contribution in [3.8, 4) is 0 Å². The summed E-state index contributed by atoms with van der Waals surface area (Å²) in [6.07, 6.45) is 3.62. The molecule has 66 valence electrons. The minimum absolute atomic E-state index is 0.0927. The average molecular weight is 184 g/mol. The fraction of sp³-hybridized carbons (Fsp3) is 0.333. The third-order valence-corrected chi connectivity index (χ3v) is 2.30. The van der Waals surface area contributed by atoms with Gasteiger partial charge in [-0.1, -0.05) is 12.2 Å². The molecular weight excluding hydrogens is 172 g/mol. The molecule has 1 aromatic rings. The number of hydrogen-bond acceptors (Lipinski definition) is 3. The Morgan fingerprint density at radius 1 is 1.67 bits per heavy atom. The molecule has 0 saturated heterocycles. The Hall–Kier alpha value is -0.640. The van der Waals surface area contributed by atoms with Gasteiger partial charge >= 0.3 is 0 Å². The van der Waals surface area contributed by atoms with Gasteiger partial charge in [-0.2, -0.15) is 0 Å². The summed E-state index contributed by atoms with van der Waals surface area (Å²) in [6.45, 7) is 0.757. The molecule has 0 bridgehead atoms. The standard InChI is InChI=1S/C9H12O2S/c1-11-6-9-5-8(7-12-9)3-2-4-10/h2-3,5,7,10H,4,6H2,1H3. The van der Waals surface area contributed by atoms with Crippen molar-refractivity contribution in [1.29, 1.82) is 0 Å². The van der Waals surface area contributed by atoms with Crippen LogP contribution in [-0.2, 0) is 11.3 Å². The molecule has 0 amide bonds. The molecule has 0 unspecified atom stereocenters. The molecule has 2 nitrogen and oxygen atoms in total. The van der Waals surface area contributed by atoms with Crippen molar-refractivity contribution in [2.45, 2.75) is 6.61 Å². The summed E-state index contributed by atoms with van der Waals surface area (Å²) < 4.78 is 4.98.